The van der Waals surface area contributed by atoms with Crippen LogP contribution >= 0.6 is 7.52 Å². The van der Waals surface area contributed by atoms with Gasteiger partial charge in [-0.05, 0) is 36.2 Å². The fourth-order valence-corrected chi connectivity index (χ4v) is 2.84. The number of hydrogen-bond acceptors (Lipinski definition) is 3. The number of nitrogens with one attached hydrogen (secondary N) is 1. The number of rotatable bonds is 5. The van der Waals surface area contributed by atoms with Crippen LogP contribution in [-0.2, 0) is 11.0 Å². The van der Waals surface area contributed by atoms with E-state index in [2.05, 4.69) is 17.0 Å². The predicted molar refractivity (Wildman–Crippen MR) is 77.8 cm³/mol. The summed E-state index contributed by atoms with van der Waals surface area (Å²) in [5.74, 6) is 0.597. The van der Waals surface area contributed by atoms with Crippen LogP contribution in [0.25, 0.3) is 0 Å². The van der Waals surface area contributed by atoms with E-state index in [-0.39, 0.29) is 0 Å². The van der Waals surface area contributed by atoms with Crippen LogP contribution in [0, 0.1) is 0 Å². The van der Waals surface area contributed by atoms with E-state index < -0.39 is 7.52 Å². The van der Waals surface area contributed by atoms with E-state index in [1.807, 2.05) is 24.3 Å². The monoisotopic (exact) mass is 276 g/mol. The first kappa shape index (κ1) is 13.6. The molecule has 2 rings (SSSR count). The molecule has 0 aliphatic rings. The summed E-state index contributed by atoms with van der Waals surface area (Å²) < 4.78 is 17.9. The Bertz CT molecular complexity index is 570. The van der Waals surface area contributed by atoms with Gasteiger partial charge in [-0.15, -0.1) is 0 Å². The first-order chi connectivity index (χ1) is 9.09. The Morgan fingerprint density at radius 2 is 2.00 bits per heavy atom. The zero-order valence-corrected chi connectivity index (χ0v) is 11.9. The summed E-state index contributed by atoms with van der Waals surface area (Å²) in [5, 5.41) is 2.87. The molecule has 1 atom stereocenters. The summed E-state index contributed by atoms with van der Waals surface area (Å²) in [6, 6.07) is 11.2. The average molecular weight is 276 g/mol. The molecule has 0 bridgehead atoms. The smallest absolute Gasteiger partial charge is 0.338 e. The third-order valence-corrected chi connectivity index (χ3v) is 3.83. The first-order valence-corrected chi connectivity index (χ1v) is 8.20. The highest BCUT2D eigenvalue weighted by Gasteiger charge is 2.17. The largest absolute Gasteiger partial charge is 0.429 e. The lowest BCUT2D eigenvalue weighted by atomic mass is 10.2. The molecule has 0 saturated heterocycles. The second-order valence-electron chi connectivity index (χ2n) is 4.29. The van der Waals surface area contributed by atoms with Gasteiger partial charge >= 0.3 is 7.52 Å². The van der Waals surface area contributed by atoms with Crippen molar-refractivity contribution in [3.63, 3.8) is 0 Å². The second kappa shape index (κ2) is 5.89. The van der Waals surface area contributed by atoms with Crippen molar-refractivity contribution in [1.82, 2.24) is 4.98 Å². The summed E-state index contributed by atoms with van der Waals surface area (Å²) in [7, 11) is -2.95. The van der Waals surface area contributed by atoms with Gasteiger partial charge < -0.3 is 9.61 Å². The second-order valence-corrected chi connectivity index (χ2v) is 6.39. The van der Waals surface area contributed by atoms with Crippen molar-refractivity contribution in [3.05, 3.63) is 54.4 Å². The third kappa shape index (κ3) is 4.11. The van der Waals surface area contributed by atoms with E-state index in [9.17, 15) is 4.57 Å². The van der Waals surface area contributed by atoms with Crippen LogP contribution < -0.4 is 9.61 Å². The van der Waals surface area contributed by atoms with Crippen molar-refractivity contribution in [2.24, 2.45) is 0 Å². The molecule has 0 fully saturated rings. The fourth-order valence-electron chi connectivity index (χ4n) is 1.67. The van der Waals surface area contributed by atoms with Gasteiger partial charge in [0, 0.05) is 12.9 Å². The minimum Gasteiger partial charge on any atom is -0.429 e. The maximum absolute atomic E-state index is 12.3. The minimum absolute atomic E-state index is 0.597. The highest BCUT2D eigenvalue weighted by Crippen LogP contribution is 2.42. The van der Waals surface area contributed by atoms with Crippen molar-refractivity contribution < 1.29 is 9.09 Å². The van der Waals surface area contributed by atoms with Gasteiger partial charge in [-0.1, -0.05) is 19.1 Å². The molecule has 100 valence electrons. The zero-order chi connectivity index (χ0) is 13.7. The molecule has 5 heteroatoms. The van der Waals surface area contributed by atoms with Gasteiger partial charge in [0.2, 0.25) is 0 Å². The van der Waals surface area contributed by atoms with Crippen molar-refractivity contribution in [3.8, 4) is 5.75 Å². The SMILES string of the molecule is CCc1ccc(O[P@](C)(=O)Nc2cccnc2)cc1. The van der Waals surface area contributed by atoms with Crippen LogP contribution in [0.1, 0.15) is 12.5 Å². The molecular formula is C14H17N2O2P. The van der Waals surface area contributed by atoms with E-state index in [1.54, 1.807) is 31.2 Å². The van der Waals surface area contributed by atoms with Gasteiger partial charge in [0.15, 0.2) is 0 Å². The van der Waals surface area contributed by atoms with Crippen molar-refractivity contribution >= 4 is 13.2 Å². The van der Waals surface area contributed by atoms with Gasteiger partial charge in [0.05, 0.1) is 11.9 Å². The van der Waals surface area contributed by atoms with Gasteiger partial charge in [-0.2, -0.15) is 0 Å². The summed E-state index contributed by atoms with van der Waals surface area (Å²) in [6.45, 7) is 3.64. The molecule has 2 aromatic rings. The molecule has 19 heavy (non-hydrogen) atoms. The first-order valence-electron chi connectivity index (χ1n) is 6.13. The molecule has 0 unspecified atom stereocenters. The number of nitrogens with zero attached hydrogens (tertiary/aromatic N) is 1. The van der Waals surface area contributed by atoms with Gasteiger partial charge in [-0.3, -0.25) is 9.55 Å². The summed E-state index contributed by atoms with van der Waals surface area (Å²) in [4.78, 5) is 3.96. The molecular weight excluding hydrogens is 259 g/mol. The van der Waals surface area contributed by atoms with E-state index in [0.29, 0.717) is 11.4 Å². The zero-order valence-electron chi connectivity index (χ0n) is 11.0. The Labute approximate surface area is 113 Å². The van der Waals surface area contributed by atoms with E-state index in [1.165, 1.54) is 5.56 Å². The van der Waals surface area contributed by atoms with Gasteiger partial charge in [0.1, 0.15) is 5.75 Å². The van der Waals surface area contributed by atoms with Crippen LogP contribution in [0.4, 0.5) is 5.69 Å². The highest BCUT2D eigenvalue weighted by molar-refractivity contribution is 7.60. The number of benzene rings is 1. The van der Waals surface area contributed by atoms with Gasteiger partial charge in [-0.25, -0.2) is 0 Å². The summed E-state index contributed by atoms with van der Waals surface area (Å²) in [6.07, 6.45) is 4.24. The molecule has 1 aromatic heterocycles. The molecule has 0 spiro atoms. The maximum atomic E-state index is 12.3. The molecule has 0 saturated carbocycles. The minimum atomic E-state index is -2.95. The number of aryl methyl sites for hydroxylation is 1. The van der Waals surface area contributed by atoms with Crippen molar-refractivity contribution in [2.75, 3.05) is 11.8 Å². The molecule has 1 heterocycles. The number of hydrogen-bond donors (Lipinski definition) is 1. The molecule has 4 nitrogen and oxygen atoms in total. The lowest BCUT2D eigenvalue weighted by Gasteiger charge is -2.17. The molecule has 0 amide bonds. The van der Waals surface area contributed by atoms with Crippen LogP contribution in [0.15, 0.2) is 48.8 Å². The molecule has 0 radical (unpaired) electrons. The topological polar surface area (TPSA) is 51.2 Å². The van der Waals surface area contributed by atoms with Crippen molar-refractivity contribution in [2.45, 2.75) is 13.3 Å². The average Bonchev–Trinajstić information content (AvgIpc) is 2.39. The fraction of sp³-hybridized carbons (Fsp3) is 0.214. The predicted octanol–water partition coefficient (Wildman–Crippen LogP) is 3.96. The van der Waals surface area contributed by atoms with E-state index >= 15 is 0 Å². The Hall–Kier alpha value is -1.80. The third-order valence-electron chi connectivity index (χ3n) is 2.60. The van der Waals surface area contributed by atoms with Crippen LogP contribution in [0.2, 0.25) is 0 Å². The Morgan fingerprint density at radius 3 is 2.58 bits per heavy atom. The lowest BCUT2D eigenvalue weighted by molar-refractivity contribution is 0.493. The van der Waals surface area contributed by atoms with Crippen LogP contribution in [0.3, 0.4) is 0 Å². The van der Waals surface area contributed by atoms with Gasteiger partial charge in [0.25, 0.3) is 0 Å². The Kier molecular flexibility index (Phi) is 4.23. The molecule has 1 aromatic carbocycles. The normalized spacial score (nSPS) is 13.6. The number of anilines is 1. The highest BCUT2D eigenvalue weighted by atomic mass is 31.2. The van der Waals surface area contributed by atoms with E-state index in [0.717, 1.165) is 6.42 Å². The summed E-state index contributed by atoms with van der Waals surface area (Å²) >= 11 is 0. The molecule has 1 N–H and O–H groups in total. The number of aromatic nitrogens is 1. The standard InChI is InChI=1S/C14H17N2O2P/c1-3-12-6-8-14(9-7-12)18-19(2,17)16-13-5-4-10-15-11-13/h4-11H,3H2,1-2H3,(H,16,17)/t19-/m0/s1. The Morgan fingerprint density at radius 1 is 1.26 bits per heavy atom. The maximum Gasteiger partial charge on any atom is 0.338 e. The quantitative estimate of drug-likeness (QED) is 0.840. The van der Waals surface area contributed by atoms with Crippen LogP contribution in [0.5, 0.6) is 5.75 Å². The van der Waals surface area contributed by atoms with Crippen molar-refractivity contribution in [1.29, 1.82) is 0 Å². The molecule has 0 aliphatic carbocycles. The molecule has 0 aliphatic heterocycles. The lowest BCUT2D eigenvalue weighted by Crippen LogP contribution is -2.02. The van der Waals surface area contributed by atoms with E-state index in [4.69, 9.17) is 4.52 Å². The Balaban J connectivity index is 2.06. The number of pyridine rings is 1. The summed E-state index contributed by atoms with van der Waals surface area (Å²) in [5.41, 5.74) is 1.90. The van der Waals surface area contributed by atoms with Crippen LogP contribution in [-0.4, -0.2) is 11.6 Å².